The van der Waals surface area contributed by atoms with Crippen LogP contribution in [-0.4, -0.2) is 15.2 Å². The van der Waals surface area contributed by atoms with Crippen molar-refractivity contribution in [1.82, 2.24) is 15.2 Å². The molecular weight excluding hydrogens is 162 g/mol. The van der Waals surface area contributed by atoms with Crippen LogP contribution in [0.4, 0.5) is 0 Å². The van der Waals surface area contributed by atoms with Gasteiger partial charge in [0.05, 0.1) is 0 Å². The van der Waals surface area contributed by atoms with Gasteiger partial charge in [-0.1, -0.05) is 13.8 Å². The minimum absolute atomic E-state index is 0.460. The number of H-pyrrole nitrogens is 1. The smallest absolute Gasteiger partial charge is 0.181 e. The standard InChI is InChI=1S/C10H13N3/c1-6(2)9-5-4-8-7(3)12-13-10(8)11-9/h4-6H,1-3H3,(H,11,12,13). The third-order valence-electron chi connectivity index (χ3n) is 2.22. The van der Waals surface area contributed by atoms with Crippen LogP contribution in [0, 0.1) is 6.92 Å². The van der Waals surface area contributed by atoms with Crippen LogP contribution < -0.4 is 0 Å². The molecule has 0 bridgehead atoms. The van der Waals surface area contributed by atoms with Gasteiger partial charge < -0.3 is 0 Å². The maximum Gasteiger partial charge on any atom is 0.181 e. The molecular formula is C10H13N3. The number of aromatic nitrogens is 3. The van der Waals surface area contributed by atoms with Crippen molar-refractivity contribution in [3.05, 3.63) is 23.5 Å². The summed E-state index contributed by atoms with van der Waals surface area (Å²) in [4.78, 5) is 4.45. The van der Waals surface area contributed by atoms with Crippen LogP contribution in [0.15, 0.2) is 12.1 Å². The van der Waals surface area contributed by atoms with Gasteiger partial charge in [-0.3, -0.25) is 5.10 Å². The Morgan fingerprint density at radius 3 is 2.77 bits per heavy atom. The fourth-order valence-electron chi connectivity index (χ4n) is 1.36. The molecule has 0 radical (unpaired) electrons. The van der Waals surface area contributed by atoms with E-state index in [1.807, 2.05) is 6.92 Å². The quantitative estimate of drug-likeness (QED) is 0.723. The fourth-order valence-corrected chi connectivity index (χ4v) is 1.36. The van der Waals surface area contributed by atoms with Crippen molar-refractivity contribution in [2.24, 2.45) is 0 Å². The largest absolute Gasteiger partial charge is 0.280 e. The number of nitrogens with zero attached hydrogens (tertiary/aromatic N) is 2. The van der Waals surface area contributed by atoms with Gasteiger partial charge in [0, 0.05) is 16.8 Å². The van der Waals surface area contributed by atoms with E-state index in [9.17, 15) is 0 Å². The summed E-state index contributed by atoms with van der Waals surface area (Å²) in [6.45, 7) is 6.27. The Morgan fingerprint density at radius 1 is 1.31 bits per heavy atom. The molecule has 0 aromatic carbocycles. The van der Waals surface area contributed by atoms with Crippen molar-refractivity contribution in [3.63, 3.8) is 0 Å². The number of hydrogen-bond acceptors (Lipinski definition) is 2. The maximum absolute atomic E-state index is 4.45. The highest BCUT2D eigenvalue weighted by Crippen LogP contribution is 2.17. The molecule has 2 aromatic heterocycles. The Morgan fingerprint density at radius 2 is 2.08 bits per heavy atom. The second-order valence-corrected chi connectivity index (χ2v) is 3.61. The average molecular weight is 175 g/mol. The lowest BCUT2D eigenvalue weighted by molar-refractivity contribution is 0.827. The van der Waals surface area contributed by atoms with E-state index in [1.54, 1.807) is 0 Å². The lowest BCUT2D eigenvalue weighted by atomic mass is 10.1. The molecule has 0 saturated heterocycles. The zero-order chi connectivity index (χ0) is 9.42. The molecule has 0 atom stereocenters. The summed E-state index contributed by atoms with van der Waals surface area (Å²) in [6.07, 6.45) is 0. The number of fused-ring (bicyclic) bond motifs is 1. The highest BCUT2D eigenvalue weighted by molar-refractivity contribution is 5.77. The summed E-state index contributed by atoms with van der Waals surface area (Å²) in [6, 6.07) is 4.14. The third-order valence-corrected chi connectivity index (χ3v) is 2.22. The number of rotatable bonds is 1. The fraction of sp³-hybridized carbons (Fsp3) is 0.400. The van der Waals surface area contributed by atoms with Gasteiger partial charge >= 0.3 is 0 Å². The minimum Gasteiger partial charge on any atom is -0.280 e. The van der Waals surface area contributed by atoms with Crippen molar-refractivity contribution in [2.75, 3.05) is 0 Å². The van der Waals surface area contributed by atoms with Gasteiger partial charge in [-0.2, -0.15) is 5.10 Å². The Bertz CT molecular complexity index is 429. The maximum atomic E-state index is 4.45. The van der Waals surface area contributed by atoms with Crippen LogP contribution in [0.3, 0.4) is 0 Å². The SMILES string of the molecule is Cc1[nH]nc2nc(C(C)C)ccc12. The Labute approximate surface area is 77.2 Å². The minimum atomic E-state index is 0.460. The molecule has 2 aromatic rings. The molecule has 3 heteroatoms. The van der Waals surface area contributed by atoms with Gasteiger partial charge in [0.1, 0.15) is 0 Å². The van der Waals surface area contributed by atoms with Crippen molar-refractivity contribution in [1.29, 1.82) is 0 Å². The van der Waals surface area contributed by atoms with Gasteiger partial charge in [0.25, 0.3) is 0 Å². The molecule has 68 valence electrons. The summed E-state index contributed by atoms with van der Waals surface area (Å²) < 4.78 is 0. The molecule has 3 nitrogen and oxygen atoms in total. The van der Waals surface area contributed by atoms with Crippen LogP contribution in [0.2, 0.25) is 0 Å². The predicted molar refractivity (Wildman–Crippen MR) is 52.7 cm³/mol. The molecule has 0 aliphatic heterocycles. The monoisotopic (exact) mass is 175 g/mol. The second-order valence-electron chi connectivity index (χ2n) is 3.61. The van der Waals surface area contributed by atoms with E-state index in [2.05, 4.69) is 41.2 Å². The molecule has 0 amide bonds. The van der Waals surface area contributed by atoms with Gasteiger partial charge in [0.2, 0.25) is 0 Å². The van der Waals surface area contributed by atoms with Crippen molar-refractivity contribution in [2.45, 2.75) is 26.7 Å². The van der Waals surface area contributed by atoms with Crippen LogP contribution in [0.1, 0.15) is 31.2 Å². The highest BCUT2D eigenvalue weighted by Gasteiger charge is 2.05. The van der Waals surface area contributed by atoms with Gasteiger partial charge in [-0.25, -0.2) is 4.98 Å². The number of aryl methyl sites for hydroxylation is 1. The highest BCUT2D eigenvalue weighted by atomic mass is 15.1. The first-order valence-corrected chi connectivity index (χ1v) is 4.50. The topological polar surface area (TPSA) is 41.6 Å². The molecule has 0 fully saturated rings. The van der Waals surface area contributed by atoms with E-state index in [-0.39, 0.29) is 0 Å². The van der Waals surface area contributed by atoms with Crippen LogP contribution in [0.5, 0.6) is 0 Å². The molecule has 2 heterocycles. The third kappa shape index (κ3) is 1.30. The molecule has 0 saturated carbocycles. The van der Waals surface area contributed by atoms with E-state index in [4.69, 9.17) is 0 Å². The van der Waals surface area contributed by atoms with Gasteiger partial charge in [-0.15, -0.1) is 0 Å². The first-order chi connectivity index (χ1) is 6.18. The van der Waals surface area contributed by atoms with Crippen molar-refractivity contribution in [3.8, 4) is 0 Å². The normalized spacial score (nSPS) is 11.4. The summed E-state index contributed by atoms with van der Waals surface area (Å²) >= 11 is 0. The molecule has 0 aliphatic carbocycles. The van der Waals surface area contributed by atoms with Gasteiger partial charge in [0.15, 0.2) is 5.65 Å². The number of pyridine rings is 1. The van der Waals surface area contributed by atoms with Crippen LogP contribution in [0.25, 0.3) is 11.0 Å². The first-order valence-electron chi connectivity index (χ1n) is 4.50. The van der Waals surface area contributed by atoms with Crippen LogP contribution in [-0.2, 0) is 0 Å². The molecule has 2 rings (SSSR count). The predicted octanol–water partition coefficient (Wildman–Crippen LogP) is 2.39. The summed E-state index contributed by atoms with van der Waals surface area (Å²) in [5, 5.41) is 8.17. The van der Waals surface area contributed by atoms with Crippen molar-refractivity contribution < 1.29 is 0 Å². The first kappa shape index (κ1) is 8.23. The number of hydrogen-bond donors (Lipinski definition) is 1. The Hall–Kier alpha value is -1.38. The zero-order valence-corrected chi connectivity index (χ0v) is 8.13. The molecule has 1 N–H and O–H groups in total. The number of nitrogens with one attached hydrogen (secondary N) is 1. The molecule has 0 aliphatic rings. The zero-order valence-electron chi connectivity index (χ0n) is 8.13. The second kappa shape index (κ2) is 2.83. The van der Waals surface area contributed by atoms with Crippen LogP contribution >= 0.6 is 0 Å². The lowest BCUT2D eigenvalue weighted by Crippen LogP contribution is -1.91. The average Bonchev–Trinajstić information content (AvgIpc) is 2.47. The van der Waals surface area contributed by atoms with E-state index < -0.39 is 0 Å². The van der Waals surface area contributed by atoms with Crippen molar-refractivity contribution >= 4 is 11.0 Å². The Balaban J connectivity index is 2.63. The number of aromatic amines is 1. The Kier molecular flexibility index (Phi) is 1.79. The summed E-state index contributed by atoms with van der Waals surface area (Å²) in [7, 11) is 0. The van der Waals surface area contributed by atoms with E-state index in [1.165, 1.54) is 0 Å². The molecule has 0 spiro atoms. The molecule has 13 heavy (non-hydrogen) atoms. The van der Waals surface area contributed by atoms with Gasteiger partial charge in [-0.05, 0) is 25.0 Å². The molecule has 0 unspecified atom stereocenters. The van der Waals surface area contributed by atoms with E-state index in [0.717, 1.165) is 22.4 Å². The summed E-state index contributed by atoms with van der Waals surface area (Å²) in [5.41, 5.74) is 3.00. The lowest BCUT2D eigenvalue weighted by Gasteiger charge is -2.02. The summed E-state index contributed by atoms with van der Waals surface area (Å²) in [5.74, 6) is 0.460. The van der Waals surface area contributed by atoms with E-state index >= 15 is 0 Å². The van der Waals surface area contributed by atoms with E-state index in [0.29, 0.717) is 5.92 Å².